The molecule has 1 aromatic heterocycles. The molecule has 0 unspecified atom stereocenters. The minimum atomic E-state index is -0.147. The number of hydrogen-bond donors (Lipinski definition) is 0. The monoisotopic (exact) mass is 799 g/mol. The van der Waals surface area contributed by atoms with E-state index in [1.54, 1.807) is 11.3 Å². The van der Waals surface area contributed by atoms with E-state index in [1.165, 1.54) is 121 Å². The van der Waals surface area contributed by atoms with Gasteiger partial charge in [-0.05, 0) is 179 Å². The zero-order valence-electron chi connectivity index (χ0n) is 35.4. The molecule has 0 amide bonds. The van der Waals surface area contributed by atoms with Gasteiger partial charge in [0.2, 0.25) is 0 Å². The molecule has 0 aliphatic heterocycles. The Kier molecular flexibility index (Phi) is 7.70. The maximum Gasteiger partial charge on any atom is 0.124 e. The number of aryl methyl sites for hydroxylation is 2. The van der Waals surface area contributed by atoms with Crippen molar-refractivity contribution < 1.29 is 0 Å². The van der Waals surface area contributed by atoms with Crippen molar-refractivity contribution in [2.24, 2.45) is 0 Å². The quantitative estimate of drug-likeness (QED) is 0.173. The van der Waals surface area contributed by atoms with Crippen LogP contribution in [0, 0.1) is 13.8 Å². The minimum Gasteiger partial charge on any atom is -0.236 e. The van der Waals surface area contributed by atoms with Crippen LogP contribution in [0.2, 0.25) is 0 Å². The van der Waals surface area contributed by atoms with Crippen molar-refractivity contribution in [2.75, 3.05) is 0 Å². The summed E-state index contributed by atoms with van der Waals surface area (Å²) < 4.78 is 1.23. The first-order valence-corrected chi connectivity index (χ1v) is 22.3. The average molecular weight is 800 g/mol. The molecule has 292 valence electrons. The van der Waals surface area contributed by atoms with E-state index in [9.17, 15) is 0 Å². The SMILES string of the molecule is Cc1cc2c(cc1-c1cc3ccc(-c4ccc5ccccc5c4)cc3cc1C)C(C)(C)c1cc(-c3ccc4c(c3)C(C)(C)c3cc(-c5nc6ccccc6s5)ccc3-4)ccc1-2. The number of hydrogen-bond acceptors (Lipinski definition) is 2. The lowest BCUT2D eigenvalue weighted by molar-refractivity contribution is 0.659. The van der Waals surface area contributed by atoms with Gasteiger partial charge in [-0.15, -0.1) is 11.3 Å². The Balaban J connectivity index is 0.869. The summed E-state index contributed by atoms with van der Waals surface area (Å²) in [4.78, 5) is 4.99. The number of nitrogens with zero attached hydrogens (tertiary/aromatic N) is 1. The zero-order chi connectivity index (χ0) is 41.4. The number of para-hydroxylation sites is 1. The summed E-state index contributed by atoms with van der Waals surface area (Å²) in [7, 11) is 0. The molecule has 0 bridgehead atoms. The Morgan fingerprint density at radius 2 is 0.836 bits per heavy atom. The number of rotatable bonds is 4. The Hall–Kier alpha value is -6.61. The molecule has 0 saturated carbocycles. The van der Waals surface area contributed by atoms with Crippen molar-refractivity contribution in [3.05, 3.63) is 197 Å². The molecule has 12 rings (SSSR count). The molecule has 1 heterocycles. The third kappa shape index (κ3) is 5.48. The van der Waals surface area contributed by atoms with E-state index in [0.29, 0.717) is 0 Å². The van der Waals surface area contributed by atoms with E-state index in [2.05, 4.69) is 205 Å². The van der Waals surface area contributed by atoms with Crippen LogP contribution < -0.4 is 0 Å². The number of fused-ring (bicyclic) bond motifs is 9. The van der Waals surface area contributed by atoms with Crippen molar-refractivity contribution in [3.63, 3.8) is 0 Å². The summed E-state index contributed by atoms with van der Waals surface area (Å²) in [5, 5.41) is 6.18. The highest BCUT2D eigenvalue weighted by Crippen LogP contribution is 2.54. The lowest BCUT2D eigenvalue weighted by Crippen LogP contribution is -2.16. The topological polar surface area (TPSA) is 12.9 Å². The predicted molar refractivity (Wildman–Crippen MR) is 261 cm³/mol. The van der Waals surface area contributed by atoms with Crippen LogP contribution in [0.5, 0.6) is 0 Å². The maximum absolute atomic E-state index is 4.99. The van der Waals surface area contributed by atoms with Crippen LogP contribution in [-0.2, 0) is 10.8 Å². The van der Waals surface area contributed by atoms with Gasteiger partial charge in [-0.2, -0.15) is 0 Å². The highest BCUT2D eigenvalue weighted by atomic mass is 32.1. The van der Waals surface area contributed by atoms with Crippen molar-refractivity contribution in [2.45, 2.75) is 52.4 Å². The maximum atomic E-state index is 4.99. The molecule has 2 aliphatic carbocycles. The van der Waals surface area contributed by atoms with Gasteiger partial charge in [-0.1, -0.05) is 137 Å². The second-order valence-electron chi connectivity index (χ2n) is 18.5. The van der Waals surface area contributed by atoms with Crippen LogP contribution in [0.1, 0.15) is 61.1 Å². The Labute approximate surface area is 362 Å². The molecule has 2 aliphatic rings. The first kappa shape index (κ1) is 36.3. The van der Waals surface area contributed by atoms with Gasteiger partial charge in [0.25, 0.3) is 0 Å². The van der Waals surface area contributed by atoms with E-state index in [4.69, 9.17) is 4.98 Å². The Bertz CT molecular complexity index is 3470. The first-order valence-electron chi connectivity index (χ1n) is 21.5. The molecule has 0 fully saturated rings. The average Bonchev–Trinajstić information content (AvgIpc) is 3.88. The molecule has 9 aromatic carbocycles. The van der Waals surface area contributed by atoms with Crippen LogP contribution in [0.25, 0.3) is 98.0 Å². The van der Waals surface area contributed by atoms with E-state index in [-0.39, 0.29) is 10.8 Å². The second kappa shape index (κ2) is 12.9. The summed E-state index contributed by atoms with van der Waals surface area (Å²) in [6.45, 7) is 14.1. The molecular weight excluding hydrogens is 755 g/mol. The van der Waals surface area contributed by atoms with Gasteiger partial charge in [-0.25, -0.2) is 4.98 Å². The van der Waals surface area contributed by atoms with E-state index in [1.807, 2.05) is 0 Å². The molecule has 61 heavy (non-hydrogen) atoms. The van der Waals surface area contributed by atoms with Crippen LogP contribution in [0.3, 0.4) is 0 Å². The van der Waals surface area contributed by atoms with Gasteiger partial charge in [0.1, 0.15) is 5.01 Å². The Morgan fingerprint density at radius 3 is 1.52 bits per heavy atom. The molecule has 10 aromatic rings. The summed E-state index contributed by atoms with van der Waals surface area (Å²) in [6, 6.07) is 61.8. The highest BCUT2D eigenvalue weighted by molar-refractivity contribution is 7.21. The largest absolute Gasteiger partial charge is 0.236 e. The molecule has 1 nitrogen and oxygen atoms in total. The van der Waals surface area contributed by atoms with Crippen LogP contribution in [0.4, 0.5) is 0 Å². The minimum absolute atomic E-state index is 0.131. The van der Waals surface area contributed by atoms with Gasteiger partial charge in [-0.3, -0.25) is 0 Å². The second-order valence-corrected chi connectivity index (χ2v) is 19.6. The van der Waals surface area contributed by atoms with E-state index in [0.717, 1.165) is 10.5 Å². The lowest BCUT2D eigenvalue weighted by Gasteiger charge is -2.24. The molecule has 0 N–H and O–H groups in total. The highest BCUT2D eigenvalue weighted by Gasteiger charge is 2.38. The summed E-state index contributed by atoms with van der Waals surface area (Å²) in [5.74, 6) is 0. The molecule has 0 saturated heterocycles. The van der Waals surface area contributed by atoms with Gasteiger partial charge in [0.15, 0.2) is 0 Å². The fourth-order valence-electron chi connectivity index (χ4n) is 10.7. The van der Waals surface area contributed by atoms with E-state index < -0.39 is 0 Å². The molecule has 2 heteroatoms. The van der Waals surface area contributed by atoms with Gasteiger partial charge >= 0.3 is 0 Å². The van der Waals surface area contributed by atoms with Crippen LogP contribution in [-0.4, -0.2) is 4.98 Å². The van der Waals surface area contributed by atoms with Gasteiger partial charge < -0.3 is 0 Å². The van der Waals surface area contributed by atoms with Crippen molar-refractivity contribution in [1.82, 2.24) is 4.98 Å². The predicted octanol–water partition coefficient (Wildman–Crippen LogP) is 16.5. The molecular formula is C59H45NS. The third-order valence-corrected chi connectivity index (χ3v) is 15.2. The number of thiazole rings is 1. The molecule has 0 spiro atoms. The fourth-order valence-corrected chi connectivity index (χ4v) is 11.6. The summed E-state index contributed by atoms with van der Waals surface area (Å²) in [6.07, 6.45) is 0. The zero-order valence-corrected chi connectivity index (χ0v) is 36.3. The number of benzene rings is 9. The third-order valence-electron chi connectivity index (χ3n) is 14.1. The normalized spacial score (nSPS) is 14.3. The first-order chi connectivity index (χ1) is 29.5. The van der Waals surface area contributed by atoms with Crippen LogP contribution >= 0.6 is 11.3 Å². The molecule has 0 atom stereocenters. The van der Waals surface area contributed by atoms with Crippen molar-refractivity contribution in [3.8, 4) is 66.2 Å². The fraction of sp³-hybridized carbons (Fsp3) is 0.136. The number of aromatic nitrogens is 1. The van der Waals surface area contributed by atoms with Crippen molar-refractivity contribution >= 4 is 43.1 Å². The smallest absolute Gasteiger partial charge is 0.124 e. The van der Waals surface area contributed by atoms with Crippen molar-refractivity contribution in [1.29, 1.82) is 0 Å². The molecule has 0 radical (unpaired) electrons. The summed E-state index contributed by atoms with van der Waals surface area (Å²) >= 11 is 1.77. The lowest BCUT2D eigenvalue weighted by atomic mass is 9.79. The van der Waals surface area contributed by atoms with Gasteiger partial charge in [0.05, 0.1) is 10.2 Å². The van der Waals surface area contributed by atoms with E-state index >= 15 is 0 Å². The van der Waals surface area contributed by atoms with Crippen LogP contribution in [0.15, 0.2) is 164 Å². The Morgan fingerprint density at radius 1 is 0.361 bits per heavy atom. The van der Waals surface area contributed by atoms with Gasteiger partial charge in [0, 0.05) is 16.4 Å². The standard InChI is InChI=1S/C59H45NS/c1-34-25-44-28-39(38-16-15-36-11-7-8-12-37(36)27-38)17-18-40(44)29-48(34)49-33-54-50(26-35(49)2)47-23-20-42(31-52(47)59(54,5)6)41-19-22-45-46-24-21-43(32-53(46)58(3,4)51(45)30-41)57-60-55-13-9-10-14-56(55)61-57/h7-33H,1-6H3. The summed E-state index contributed by atoms with van der Waals surface area (Å²) in [5.41, 5.74) is 23.2.